The van der Waals surface area contributed by atoms with E-state index in [1.165, 1.54) is 12.8 Å². The second-order valence-corrected chi connectivity index (χ2v) is 6.03. The van der Waals surface area contributed by atoms with Crippen LogP contribution in [-0.2, 0) is 4.79 Å². The minimum Gasteiger partial charge on any atom is -0.480 e. The molecule has 0 aliphatic carbocycles. The van der Waals surface area contributed by atoms with E-state index in [1.807, 2.05) is 0 Å². The van der Waals surface area contributed by atoms with Gasteiger partial charge in [0.2, 0.25) is 0 Å². The van der Waals surface area contributed by atoms with Gasteiger partial charge >= 0.3 is 5.97 Å². The fourth-order valence-corrected chi connectivity index (χ4v) is 4.11. The largest absolute Gasteiger partial charge is 0.480 e. The molecule has 3 fully saturated rings. The third-order valence-corrected chi connectivity index (χ3v) is 5.25. The van der Waals surface area contributed by atoms with Gasteiger partial charge in [-0.15, -0.1) is 0 Å². The number of hydrogen-bond donors (Lipinski definition) is 2. The van der Waals surface area contributed by atoms with Crippen LogP contribution < -0.4 is 5.32 Å². The standard InChI is InChI=1S/C13H23N3O2/c1-15-10-2-3-11(15)9-13(8-10,12(17)18)16-6-4-14-5-7-16/h10-11,14H,2-9H2,1H3,(H,17,18). The average molecular weight is 253 g/mol. The van der Waals surface area contributed by atoms with Crippen molar-refractivity contribution in [1.29, 1.82) is 0 Å². The van der Waals surface area contributed by atoms with Crippen LogP contribution in [0.15, 0.2) is 0 Å². The average Bonchev–Trinajstić information content (AvgIpc) is 2.63. The van der Waals surface area contributed by atoms with Crippen LogP contribution in [0.25, 0.3) is 0 Å². The normalized spacial score (nSPS) is 42.1. The number of piperidine rings is 1. The van der Waals surface area contributed by atoms with Crippen LogP contribution in [0.1, 0.15) is 25.7 Å². The number of aliphatic carboxylic acids is 1. The van der Waals surface area contributed by atoms with E-state index >= 15 is 0 Å². The molecule has 0 aromatic rings. The van der Waals surface area contributed by atoms with Gasteiger partial charge < -0.3 is 15.3 Å². The number of nitrogens with zero attached hydrogens (tertiary/aromatic N) is 2. The molecule has 5 heteroatoms. The second kappa shape index (κ2) is 4.47. The summed E-state index contributed by atoms with van der Waals surface area (Å²) in [5.41, 5.74) is -0.597. The van der Waals surface area contributed by atoms with Crippen LogP contribution in [-0.4, -0.2) is 71.7 Å². The van der Waals surface area contributed by atoms with E-state index in [0.717, 1.165) is 39.0 Å². The van der Waals surface area contributed by atoms with Crippen LogP contribution in [0.5, 0.6) is 0 Å². The number of carbonyl (C=O) groups is 1. The monoisotopic (exact) mass is 253 g/mol. The van der Waals surface area contributed by atoms with Gasteiger partial charge in [-0.1, -0.05) is 0 Å². The fourth-order valence-electron chi connectivity index (χ4n) is 4.11. The number of fused-ring (bicyclic) bond motifs is 2. The molecule has 2 atom stereocenters. The summed E-state index contributed by atoms with van der Waals surface area (Å²) >= 11 is 0. The number of nitrogens with one attached hydrogen (secondary N) is 1. The van der Waals surface area contributed by atoms with Gasteiger partial charge in [0.1, 0.15) is 5.54 Å². The lowest BCUT2D eigenvalue weighted by Gasteiger charge is -2.49. The number of hydrogen-bond acceptors (Lipinski definition) is 4. The molecular formula is C13H23N3O2. The number of carboxylic acids is 1. The molecule has 0 amide bonds. The van der Waals surface area contributed by atoms with Crippen LogP contribution >= 0.6 is 0 Å². The minimum atomic E-state index is -0.602. The van der Waals surface area contributed by atoms with Crippen molar-refractivity contribution in [3.05, 3.63) is 0 Å². The van der Waals surface area contributed by atoms with Crippen LogP contribution in [0, 0.1) is 0 Å². The molecule has 2 N–H and O–H groups in total. The molecule has 0 radical (unpaired) electrons. The highest BCUT2D eigenvalue weighted by molar-refractivity contribution is 5.79. The van der Waals surface area contributed by atoms with Crippen molar-refractivity contribution < 1.29 is 9.90 Å². The van der Waals surface area contributed by atoms with Gasteiger partial charge in [0, 0.05) is 38.3 Å². The van der Waals surface area contributed by atoms with Gasteiger partial charge in [0.15, 0.2) is 0 Å². The molecule has 18 heavy (non-hydrogen) atoms. The lowest BCUT2D eigenvalue weighted by Crippen LogP contribution is -2.65. The molecule has 3 aliphatic rings. The van der Waals surface area contributed by atoms with E-state index in [9.17, 15) is 9.90 Å². The molecule has 3 heterocycles. The smallest absolute Gasteiger partial charge is 0.324 e. The van der Waals surface area contributed by atoms with Crippen LogP contribution in [0.2, 0.25) is 0 Å². The second-order valence-electron chi connectivity index (χ2n) is 6.03. The van der Waals surface area contributed by atoms with E-state index in [2.05, 4.69) is 22.2 Å². The zero-order valence-electron chi connectivity index (χ0n) is 11.1. The Morgan fingerprint density at radius 1 is 1.22 bits per heavy atom. The summed E-state index contributed by atoms with van der Waals surface area (Å²) in [6, 6.07) is 0.935. The SMILES string of the molecule is CN1C2CCC1CC(C(=O)O)(N1CCNCC1)C2. The summed E-state index contributed by atoms with van der Waals surface area (Å²) in [5, 5.41) is 13.1. The molecule has 0 spiro atoms. The van der Waals surface area contributed by atoms with E-state index in [-0.39, 0.29) is 0 Å². The first-order chi connectivity index (χ1) is 8.63. The summed E-state index contributed by atoms with van der Waals surface area (Å²) in [4.78, 5) is 16.6. The van der Waals surface area contributed by atoms with Crippen molar-refractivity contribution in [1.82, 2.24) is 15.1 Å². The minimum absolute atomic E-state index is 0.467. The predicted octanol–water partition coefficient (Wildman–Crippen LogP) is -0.0284. The molecule has 0 aromatic carbocycles. The quantitative estimate of drug-likeness (QED) is 0.724. The molecule has 0 saturated carbocycles. The molecule has 2 bridgehead atoms. The highest BCUT2D eigenvalue weighted by atomic mass is 16.4. The molecule has 102 valence electrons. The predicted molar refractivity (Wildman–Crippen MR) is 68.6 cm³/mol. The third-order valence-electron chi connectivity index (χ3n) is 5.25. The van der Waals surface area contributed by atoms with Crippen molar-refractivity contribution in [2.24, 2.45) is 0 Å². The van der Waals surface area contributed by atoms with E-state index in [0.29, 0.717) is 12.1 Å². The maximum Gasteiger partial charge on any atom is 0.324 e. The molecule has 2 unspecified atom stereocenters. The molecular weight excluding hydrogens is 230 g/mol. The van der Waals surface area contributed by atoms with Gasteiger partial charge in [-0.3, -0.25) is 9.69 Å². The van der Waals surface area contributed by atoms with E-state index in [1.54, 1.807) is 0 Å². The van der Waals surface area contributed by atoms with Gasteiger partial charge in [-0.2, -0.15) is 0 Å². The highest BCUT2D eigenvalue weighted by Crippen LogP contribution is 2.43. The first-order valence-electron chi connectivity index (χ1n) is 7.04. The first-order valence-corrected chi connectivity index (χ1v) is 7.04. The zero-order valence-corrected chi connectivity index (χ0v) is 11.1. The van der Waals surface area contributed by atoms with Gasteiger partial charge in [-0.25, -0.2) is 0 Å². The summed E-state index contributed by atoms with van der Waals surface area (Å²) in [6.45, 7) is 3.57. The number of carboxylic acid groups (broad SMARTS) is 1. The Kier molecular flexibility index (Phi) is 3.08. The van der Waals surface area contributed by atoms with Crippen molar-refractivity contribution >= 4 is 5.97 Å². The Bertz CT molecular complexity index is 327. The number of piperazine rings is 1. The zero-order chi connectivity index (χ0) is 12.8. The lowest BCUT2D eigenvalue weighted by atomic mass is 9.81. The Labute approximate surface area is 108 Å². The highest BCUT2D eigenvalue weighted by Gasteiger charge is 2.54. The summed E-state index contributed by atoms with van der Waals surface area (Å²) in [7, 11) is 2.16. The van der Waals surface area contributed by atoms with Crippen LogP contribution in [0.3, 0.4) is 0 Å². The van der Waals surface area contributed by atoms with Crippen LogP contribution in [0.4, 0.5) is 0 Å². The van der Waals surface area contributed by atoms with Gasteiger partial charge in [0.25, 0.3) is 0 Å². The van der Waals surface area contributed by atoms with Gasteiger partial charge in [-0.05, 0) is 32.7 Å². The Hall–Kier alpha value is -0.650. The molecule has 3 aliphatic heterocycles. The van der Waals surface area contributed by atoms with Crippen molar-refractivity contribution in [3.63, 3.8) is 0 Å². The molecule has 0 aromatic heterocycles. The van der Waals surface area contributed by atoms with Crippen molar-refractivity contribution in [3.8, 4) is 0 Å². The Balaban J connectivity index is 1.86. The first kappa shape index (κ1) is 12.4. The lowest BCUT2D eigenvalue weighted by molar-refractivity contribution is -0.158. The Morgan fingerprint density at radius 2 is 1.78 bits per heavy atom. The van der Waals surface area contributed by atoms with E-state index in [4.69, 9.17) is 0 Å². The maximum absolute atomic E-state index is 11.9. The maximum atomic E-state index is 11.9. The fraction of sp³-hybridized carbons (Fsp3) is 0.923. The van der Waals surface area contributed by atoms with E-state index < -0.39 is 11.5 Å². The summed E-state index contributed by atoms with van der Waals surface area (Å²) in [6.07, 6.45) is 3.94. The molecule has 3 saturated heterocycles. The summed E-state index contributed by atoms with van der Waals surface area (Å²) < 4.78 is 0. The summed E-state index contributed by atoms with van der Waals surface area (Å²) in [5.74, 6) is -0.602. The number of rotatable bonds is 2. The third kappa shape index (κ3) is 1.76. The van der Waals surface area contributed by atoms with Crippen molar-refractivity contribution in [2.45, 2.75) is 43.3 Å². The van der Waals surface area contributed by atoms with Gasteiger partial charge in [0.05, 0.1) is 0 Å². The Morgan fingerprint density at radius 3 is 2.28 bits per heavy atom. The van der Waals surface area contributed by atoms with Crippen molar-refractivity contribution in [2.75, 3.05) is 33.2 Å². The topological polar surface area (TPSA) is 55.8 Å². The molecule has 3 rings (SSSR count). The molecule has 5 nitrogen and oxygen atoms in total.